The number of carbonyl (C=O) groups excluding carboxylic acids is 1. The highest BCUT2D eigenvalue weighted by atomic mass is 16.6. The van der Waals surface area contributed by atoms with Gasteiger partial charge in [0.1, 0.15) is 5.60 Å². The zero-order chi connectivity index (χ0) is 17.5. The first kappa shape index (κ1) is 18.2. The third-order valence-corrected chi connectivity index (χ3v) is 2.80. The largest absolute Gasteiger partial charge is 0.444 e. The van der Waals surface area contributed by atoms with Crippen molar-refractivity contribution in [3.8, 4) is 12.1 Å². The smallest absolute Gasteiger partial charge is 0.407 e. The van der Waals surface area contributed by atoms with Gasteiger partial charge in [0.05, 0.1) is 30.1 Å². The number of ether oxygens (including phenoxy) is 1. The molecule has 0 unspecified atom stereocenters. The molecule has 0 aliphatic rings. The number of carbonyl (C=O) groups is 1. The minimum Gasteiger partial charge on any atom is -0.444 e. The molecular formula is C16H21N5O2. The molecule has 0 spiro atoms. The van der Waals surface area contributed by atoms with E-state index in [4.69, 9.17) is 15.3 Å². The molecule has 1 aromatic rings. The SMILES string of the molecule is Cn1cccc1C(=NCCNC(=O)OC(C)(C)C)C(C#N)C#N. The molecule has 1 rings (SSSR count). The molecule has 0 bridgehead atoms. The highest BCUT2D eigenvalue weighted by Crippen LogP contribution is 2.10. The predicted molar refractivity (Wildman–Crippen MR) is 85.8 cm³/mol. The number of amides is 1. The van der Waals surface area contributed by atoms with E-state index >= 15 is 0 Å². The van der Waals surface area contributed by atoms with E-state index < -0.39 is 17.6 Å². The Balaban J connectivity index is 2.73. The zero-order valence-corrected chi connectivity index (χ0v) is 13.8. The Morgan fingerprint density at radius 3 is 2.57 bits per heavy atom. The molecule has 122 valence electrons. The average Bonchev–Trinajstić information content (AvgIpc) is 2.86. The number of aromatic nitrogens is 1. The van der Waals surface area contributed by atoms with E-state index in [2.05, 4.69) is 10.3 Å². The number of nitrogens with zero attached hydrogens (tertiary/aromatic N) is 4. The van der Waals surface area contributed by atoms with E-state index in [0.717, 1.165) is 0 Å². The van der Waals surface area contributed by atoms with Crippen molar-refractivity contribution in [1.29, 1.82) is 10.5 Å². The molecule has 23 heavy (non-hydrogen) atoms. The maximum Gasteiger partial charge on any atom is 0.407 e. The summed E-state index contributed by atoms with van der Waals surface area (Å²) in [6.45, 7) is 5.85. The fourth-order valence-corrected chi connectivity index (χ4v) is 1.85. The molecule has 0 radical (unpaired) electrons. The molecule has 1 N–H and O–H groups in total. The second-order valence-electron chi connectivity index (χ2n) is 5.89. The standard InChI is InChI=1S/C16H21N5O2/c1-16(2,3)23-15(22)20-8-7-19-14(12(10-17)11-18)13-6-5-9-21(13)4/h5-6,9,12H,7-8H2,1-4H3,(H,20,22). The molecule has 0 aliphatic carbocycles. The molecule has 0 saturated carbocycles. The number of alkyl carbamates (subject to hydrolysis) is 1. The van der Waals surface area contributed by atoms with Gasteiger partial charge >= 0.3 is 6.09 Å². The van der Waals surface area contributed by atoms with Gasteiger partial charge in [-0.3, -0.25) is 4.99 Å². The summed E-state index contributed by atoms with van der Waals surface area (Å²) in [6.07, 6.45) is 1.29. The molecule has 0 aromatic carbocycles. The van der Waals surface area contributed by atoms with Crippen LogP contribution >= 0.6 is 0 Å². The maximum atomic E-state index is 11.5. The van der Waals surface area contributed by atoms with Gasteiger partial charge in [-0.15, -0.1) is 0 Å². The van der Waals surface area contributed by atoms with Crippen LogP contribution in [0.4, 0.5) is 4.79 Å². The van der Waals surface area contributed by atoms with E-state index in [9.17, 15) is 4.79 Å². The Labute approximate surface area is 136 Å². The summed E-state index contributed by atoms with van der Waals surface area (Å²) in [5.74, 6) is -0.954. The summed E-state index contributed by atoms with van der Waals surface area (Å²) in [6, 6.07) is 7.47. The van der Waals surface area contributed by atoms with E-state index in [1.165, 1.54) is 0 Å². The lowest BCUT2D eigenvalue weighted by Gasteiger charge is -2.19. The summed E-state index contributed by atoms with van der Waals surface area (Å²) in [5, 5.41) is 20.8. The van der Waals surface area contributed by atoms with Gasteiger partial charge in [0.25, 0.3) is 0 Å². The Kier molecular flexibility index (Phi) is 6.35. The van der Waals surface area contributed by atoms with Crippen molar-refractivity contribution >= 4 is 11.8 Å². The number of hydrogen-bond acceptors (Lipinski definition) is 5. The summed E-state index contributed by atoms with van der Waals surface area (Å²) in [5.41, 5.74) is 0.540. The van der Waals surface area contributed by atoms with Gasteiger partial charge in [0.15, 0.2) is 5.92 Å². The van der Waals surface area contributed by atoms with Crippen LogP contribution in [0.2, 0.25) is 0 Å². The van der Waals surface area contributed by atoms with E-state index in [1.54, 1.807) is 31.4 Å². The first-order valence-corrected chi connectivity index (χ1v) is 7.20. The predicted octanol–water partition coefficient (Wildman–Crippen LogP) is 2.00. The average molecular weight is 315 g/mol. The highest BCUT2D eigenvalue weighted by molar-refractivity contribution is 6.04. The zero-order valence-electron chi connectivity index (χ0n) is 13.8. The summed E-state index contributed by atoms with van der Waals surface area (Å²) >= 11 is 0. The molecule has 7 heteroatoms. The molecule has 1 aromatic heterocycles. The summed E-state index contributed by atoms with van der Waals surface area (Å²) in [7, 11) is 1.82. The molecule has 0 aliphatic heterocycles. The number of aliphatic imine (C=N–C) groups is 1. The van der Waals surface area contributed by atoms with Crippen LogP contribution in [0.15, 0.2) is 23.3 Å². The van der Waals surface area contributed by atoms with E-state index in [0.29, 0.717) is 11.4 Å². The minimum absolute atomic E-state index is 0.250. The van der Waals surface area contributed by atoms with Crippen molar-refractivity contribution in [3.63, 3.8) is 0 Å². The molecular weight excluding hydrogens is 294 g/mol. The van der Waals surface area contributed by atoms with E-state index in [-0.39, 0.29) is 13.1 Å². The second-order valence-corrected chi connectivity index (χ2v) is 5.89. The van der Waals surface area contributed by atoms with E-state index in [1.807, 2.05) is 31.4 Å². The van der Waals surface area contributed by atoms with Gasteiger partial charge in [-0.05, 0) is 32.9 Å². The highest BCUT2D eigenvalue weighted by Gasteiger charge is 2.19. The van der Waals surface area contributed by atoms with Gasteiger partial charge in [-0.2, -0.15) is 10.5 Å². The molecule has 0 atom stereocenters. The van der Waals surface area contributed by atoms with Crippen LogP contribution in [0.3, 0.4) is 0 Å². The fraction of sp³-hybridized carbons (Fsp3) is 0.500. The van der Waals surface area contributed by atoms with Crippen LogP contribution < -0.4 is 5.32 Å². The lowest BCUT2D eigenvalue weighted by atomic mass is 10.0. The van der Waals surface area contributed by atoms with Crippen LogP contribution in [0, 0.1) is 28.6 Å². The van der Waals surface area contributed by atoms with Gasteiger partial charge in [0, 0.05) is 19.8 Å². The number of aryl methyl sites for hydroxylation is 1. The molecule has 1 heterocycles. The van der Waals surface area contributed by atoms with Crippen LogP contribution in [0.25, 0.3) is 0 Å². The Bertz CT molecular complexity index is 641. The number of nitriles is 2. The van der Waals surface area contributed by atoms with Crippen molar-refractivity contribution in [3.05, 3.63) is 24.0 Å². The van der Waals surface area contributed by atoms with Gasteiger partial charge in [-0.25, -0.2) is 4.79 Å². The first-order chi connectivity index (χ1) is 10.8. The maximum absolute atomic E-state index is 11.5. The quantitative estimate of drug-likeness (QED) is 0.663. The van der Waals surface area contributed by atoms with Crippen LogP contribution in [-0.4, -0.2) is 35.1 Å². The molecule has 0 saturated heterocycles. The third-order valence-electron chi connectivity index (χ3n) is 2.80. The van der Waals surface area contributed by atoms with Gasteiger partial charge < -0.3 is 14.6 Å². The third kappa shape index (κ3) is 5.84. The summed E-state index contributed by atoms with van der Waals surface area (Å²) < 4.78 is 6.91. The minimum atomic E-state index is -0.954. The van der Waals surface area contributed by atoms with Crippen molar-refractivity contribution in [2.75, 3.05) is 13.1 Å². The number of rotatable bonds is 5. The monoisotopic (exact) mass is 315 g/mol. The normalized spacial score (nSPS) is 11.7. The van der Waals surface area contributed by atoms with Crippen LogP contribution in [0.5, 0.6) is 0 Å². The first-order valence-electron chi connectivity index (χ1n) is 7.20. The Morgan fingerprint density at radius 2 is 2.09 bits per heavy atom. The van der Waals surface area contributed by atoms with Gasteiger partial charge in [-0.1, -0.05) is 0 Å². The Morgan fingerprint density at radius 1 is 1.43 bits per heavy atom. The lowest BCUT2D eigenvalue weighted by molar-refractivity contribution is 0.0529. The lowest BCUT2D eigenvalue weighted by Crippen LogP contribution is -2.34. The molecule has 1 amide bonds. The van der Waals surface area contributed by atoms with Gasteiger partial charge in [0.2, 0.25) is 0 Å². The topological polar surface area (TPSA) is 103 Å². The second kappa shape index (κ2) is 8.00. The van der Waals surface area contributed by atoms with Crippen LogP contribution in [0.1, 0.15) is 26.5 Å². The number of nitrogens with one attached hydrogen (secondary N) is 1. The number of hydrogen-bond donors (Lipinski definition) is 1. The van der Waals surface area contributed by atoms with Crippen molar-refractivity contribution in [2.24, 2.45) is 18.0 Å². The van der Waals surface area contributed by atoms with Crippen molar-refractivity contribution in [2.45, 2.75) is 26.4 Å². The molecule has 7 nitrogen and oxygen atoms in total. The van der Waals surface area contributed by atoms with Crippen molar-refractivity contribution in [1.82, 2.24) is 9.88 Å². The fourth-order valence-electron chi connectivity index (χ4n) is 1.85. The summed E-state index contributed by atoms with van der Waals surface area (Å²) in [4.78, 5) is 15.9. The van der Waals surface area contributed by atoms with Crippen molar-refractivity contribution < 1.29 is 9.53 Å². The molecule has 0 fully saturated rings. The Hall–Kier alpha value is -2.80. The van der Waals surface area contributed by atoms with Crippen LogP contribution in [-0.2, 0) is 11.8 Å².